The molecule has 0 aliphatic heterocycles. The zero-order chi connectivity index (χ0) is 24.1. The highest BCUT2D eigenvalue weighted by molar-refractivity contribution is 7.10. The van der Waals surface area contributed by atoms with Gasteiger partial charge in [0.05, 0.1) is 18.2 Å². The molecule has 3 amide bonds. The van der Waals surface area contributed by atoms with Crippen LogP contribution in [-0.4, -0.2) is 34.3 Å². The molecule has 0 saturated heterocycles. The molecule has 8 heteroatoms. The zero-order valence-electron chi connectivity index (χ0n) is 18.8. The molecule has 1 aromatic heterocycles. The van der Waals surface area contributed by atoms with Gasteiger partial charge < -0.3 is 15.1 Å². The van der Waals surface area contributed by atoms with E-state index in [4.69, 9.17) is 5.26 Å². The predicted molar refractivity (Wildman–Crippen MR) is 130 cm³/mol. The van der Waals surface area contributed by atoms with E-state index in [9.17, 15) is 14.0 Å². The zero-order valence-corrected chi connectivity index (χ0v) is 19.6. The maximum Gasteiger partial charge on any atom is 0.322 e. The lowest BCUT2D eigenvalue weighted by molar-refractivity contribution is -0.133. The van der Waals surface area contributed by atoms with Crippen molar-refractivity contribution in [3.05, 3.63) is 87.4 Å². The molecule has 1 saturated carbocycles. The molecule has 4 rings (SSSR count). The van der Waals surface area contributed by atoms with Crippen LogP contribution >= 0.6 is 11.3 Å². The van der Waals surface area contributed by atoms with Crippen LogP contribution in [0.25, 0.3) is 0 Å². The van der Waals surface area contributed by atoms with Crippen molar-refractivity contribution in [1.82, 2.24) is 9.80 Å². The van der Waals surface area contributed by atoms with Crippen molar-refractivity contribution in [1.29, 1.82) is 5.26 Å². The lowest BCUT2D eigenvalue weighted by Crippen LogP contribution is -2.45. The van der Waals surface area contributed by atoms with Crippen molar-refractivity contribution in [3.63, 3.8) is 0 Å². The van der Waals surface area contributed by atoms with Gasteiger partial charge in [0.1, 0.15) is 12.4 Å². The molecule has 0 unspecified atom stereocenters. The molecule has 1 heterocycles. The van der Waals surface area contributed by atoms with Crippen molar-refractivity contribution in [2.24, 2.45) is 0 Å². The van der Waals surface area contributed by atoms with Gasteiger partial charge in [0.25, 0.3) is 0 Å². The Balaban J connectivity index is 1.50. The Morgan fingerprint density at radius 1 is 1.15 bits per heavy atom. The molecule has 1 N–H and O–H groups in total. The van der Waals surface area contributed by atoms with E-state index in [-0.39, 0.29) is 30.3 Å². The van der Waals surface area contributed by atoms with Gasteiger partial charge in [0, 0.05) is 23.2 Å². The standard InChI is InChI=1S/C26H25FN4O2S/c1-18-11-12-34-24(18)16-30(15-19-5-7-21(27)8-6-19)25(32)17-31(23-9-10-23)26(33)29-22-4-2-3-20(13-22)14-28/h2-8,11-13,23H,9-10,15-17H2,1H3,(H,29,33). The number of rotatable bonds is 8. The van der Waals surface area contributed by atoms with E-state index in [0.717, 1.165) is 28.8 Å². The second kappa shape index (κ2) is 10.5. The van der Waals surface area contributed by atoms with Gasteiger partial charge in [-0.25, -0.2) is 9.18 Å². The number of nitrogens with one attached hydrogen (secondary N) is 1. The molecule has 6 nitrogen and oxygen atoms in total. The van der Waals surface area contributed by atoms with Crippen molar-refractivity contribution >= 4 is 29.0 Å². The Kier molecular flexibility index (Phi) is 7.24. The summed E-state index contributed by atoms with van der Waals surface area (Å²) in [5.74, 6) is -0.502. The number of halogens is 1. The third-order valence-corrected chi connectivity index (χ3v) is 6.75. The third kappa shape index (κ3) is 6.00. The van der Waals surface area contributed by atoms with Crippen LogP contribution in [0.15, 0.2) is 60.0 Å². The van der Waals surface area contributed by atoms with Gasteiger partial charge in [-0.1, -0.05) is 18.2 Å². The number of benzene rings is 2. The number of amides is 3. The Morgan fingerprint density at radius 3 is 2.56 bits per heavy atom. The Morgan fingerprint density at radius 2 is 1.91 bits per heavy atom. The summed E-state index contributed by atoms with van der Waals surface area (Å²) >= 11 is 1.58. The van der Waals surface area contributed by atoms with Gasteiger partial charge in [0.15, 0.2) is 0 Å². The number of hydrogen-bond acceptors (Lipinski definition) is 4. The molecule has 3 aromatic rings. The summed E-state index contributed by atoms with van der Waals surface area (Å²) in [5.41, 5.74) is 2.89. The number of hydrogen-bond donors (Lipinski definition) is 1. The first-order valence-corrected chi connectivity index (χ1v) is 11.9. The highest BCUT2D eigenvalue weighted by Crippen LogP contribution is 2.28. The minimum Gasteiger partial charge on any atom is -0.332 e. The highest BCUT2D eigenvalue weighted by atomic mass is 32.1. The predicted octanol–water partition coefficient (Wildman–Crippen LogP) is 5.29. The quantitative estimate of drug-likeness (QED) is 0.480. The van der Waals surface area contributed by atoms with Gasteiger partial charge in [-0.05, 0) is 72.7 Å². The Bertz CT molecular complexity index is 1210. The van der Waals surface area contributed by atoms with Gasteiger partial charge in [0.2, 0.25) is 5.91 Å². The summed E-state index contributed by atoms with van der Waals surface area (Å²) in [7, 11) is 0. The lowest BCUT2D eigenvalue weighted by atomic mass is 10.2. The number of aryl methyl sites for hydroxylation is 1. The van der Waals surface area contributed by atoms with E-state index < -0.39 is 0 Å². The average Bonchev–Trinajstić information content (AvgIpc) is 3.60. The molecule has 2 aromatic carbocycles. The SMILES string of the molecule is Cc1ccsc1CN(Cc1ccc(F)cc1)C(=O)CN(C(=O)Nc1cccc(C#N)c1)C1CC1. The first-order chi connectivity index (χ1) is 16.4. The first kappa shape index (κ1) is 23.5. The number of carbonyl (C=O) groups is 2. The van der Waals surface area contributed by atoms with Crippen LogP contribution in [-0.2, 0) is 17.9 Å². The fourth-order valence-electron chi connectivity index (χ4n) is 3.64. The largest absolute Gasteiger partial charge is 0.332 e. The molecular formula is C26H25FN4O2S. The monoisotopic (exact) mass is 476 g/mol. The lowest BCUT2D eigenvalue weighted by Gasteiger charge is -2.28. The number of thiophene rings is 1. The maximum atomic E-state index is 13.4. The van der Waals surface area contributed by atoms with Gasteiger partial charge >= 0.3 is 6.03 Å². The number of carbonyl (C=O) groups excluding carboxylic acids is 2. The molecule has 0 radical (unpaired) electrons. The van der Waals surface area contributed by atoms with E-state index in [0.29, 0.717) is 24.3 Å². The highest BCUT2D eigenvalue weighted by Gasteiger charge is 2.35. The maximum absolute atomic E-state index is 13.4. The number of nitrogens with zero attached hydrogens (tertiary/aromatic N) is 3. The van der Waals surface area contributed by atoms with Gasteiger partial charge in [-0.15, -0.1) is 11.3 Å². The minimum absolute atomic E-state index is 0.0132. The first-order valence-electron chi connectivity index (χ1n) is 11.1. The van der Waals surface area contributed by atoms with E-state index in [2.05, 4.69) is 11.4 Å². The average molecular weight is 477 g/mol. The molecule has 1 aliphatic carbocycles. The van der Waals surface area contributed by atoms with E-state index in [1.54, 1.807) is 57.5 Å². The van der Waals surface area contributed by atoms with Crippen LogP contribution < -0.4 is 5.32 Å². The molecule has 0 bridgehead atoms. The smallest absolute Gasteiger partial charge is 0.322 e. The van der Waals surface area contributed by atoms with Crippen LogP contribution in [0.3, 0.4) is 0 Å². The molecule has 0 atom stereocenters. The second-order valence-corrected chi connectivity index (χ2v) is 9.39. The number of urea groups is 1. The number of anilines is 1. The van der Waals surface area contributed by atoms with Crippen LogP contribution in [0.5, 0.6) is 0 Å². The summed E-state index contributed by atoms with van der Waals surface area (Å²) < 4.78 is 13.4. The van der Waals surface area contributed by atoms with E-state index in [1.165, 1.54) is 12.1 Å². The van der Waals surface area contributed by atoms with Crippen molar-refractivity contribution < 1.29 is 14.0 Å². The third-order valence-electron chi connectivity index (χ3n) is 5.74. The van der Waals surface area contributed by atoms with Crippen LogP contribution in [0.2, 0.25) is 0 Å². The van der Waals surface area contributed by atoms with Crippen LogP contribution in [0.4, 0.5) is 14.9 Å². The summed E-state index contributed by atoms with van der Waals surface area (Å²) in [4.78, 5) is 30.8. The summed E-state index contributed by atoms with van der Waals surface area (Å²) in [6.07, 6.45) is 1.70. The van der Waals surface area contributed by atoms with E-state index in [1.807, 2.05) is 18.4 Å². The van der Waals surface area contributed by atoms with E-state index >= 15 is 0 Å². The van der Waals surface area contributed by atoms with Crippen molar-refractivity contribution in [2.75, 3.05) is 11.9 Å². The fraction of sp³-hybridized carbons (Fsp3) is 0.269. The van der Waals surface area contributed by atoms with Crippen LogP contribution in [0.1, 0.15) is 34.4 Å². The normalized spacial score (nSPS) is 12.6. The molecule has 1 aliphatic rings. The second-order valence-electron chi connectivity index (χ2n) is 8.38. The van der Waals surface area contributed by atoms with Crippen molar-refractivity contribution in [3.8, 4) is 6.07 Å². The van der Waals surface area contributed by atoms with Crippen LogP contribution in [0, 0.1) is 24.1 Å². The Labute approximate surface area is 202 Å². The van der Waals surface area contributed by atoms with Gasteiger partial charge in [-0.2, -0.15) is 5.26 Å². The summed E-state index contributed by atoms with van der Waals surface area (Å²) in [6, 6.07) is 16.5. The topological polar surface area (TPSA) is 76.4 Å². The Hall–Kier alpha value is -3.70. The molecule has 1 fully saturated rings. The molecule has 0 spiro atoms. The molecule has 174 valence electrons. The minimum atomic E-state index is -0.361. The summed E-state index contributed by atoms with van der Waals surface area (Å²) in [6.45, 7) is 2.69. The number of nitriles is 1. The molecular weight excluding hydrogens is 451 g/mol. The fourth-order valence-corrected chi connectivity index (χ4v) is 4.56. The van der Waals surface area contributed by atoms with Gasteiger partial charge in [-0.3, -0.25) is 4.79 Å². The molecule has 34 heavy (non-hydrogen) atoms. The summed E-state index contributed by atoms with van der Waals surface area (Å²) in [5, 5.41) is 13.9. The van der Waals surface area contributed by atoms with Crippen molar-refractivity contribution in [2.45, 2.75) is 38.9 Å².